The number of hydrogen-bond donors (Lipinski definition) is 2. The quantitative estimate of drug-likeness (QED) is 0.128. The number of primary amides is 1. The van der Waals surface area contributed by atoms with Gasteiger partial charge in [-0.15, -0.1) is 0 Å². The van der Waals surface area contributed by atoms with Gasteiger partial charge in [0, 0.05) is 18.0 Å². The minimum Gasteiger partial charge on any atom is -0.372 e. The second kappa shape index (κ2) is 18.0. The second-order valence-corrected chi connectivity index (χ2v) is 15.8. The molecule has 1 saturated carbocycles. The van der Waals surface area contributed by atoms with Crippen LogP contribution in [0.4, 0.5) is 30.7 Å². The van der Waals surface area contributed by atoms with Crippen molar-refractivity contribution in [3.8, 4) is 16.8 Å². The van der Waals surface area contributed by atoms with Crippen LogP contribution in [-0.4, -0.2) is 86.5 Å². The van der Waals surface area contributed by atoms with E-state index < -0.39 is 65.0 Å². The molecule has 310 valence electrons. The summed E-state index contributed by atoms with van der Waals surface area (Å²) in [7, 11) is -2.72. The summed E-state index contributed by atoms with van der Waals surface area (Å²) < 4.78 is 122. The minimum atomic E-state index is -4.68. The Kier molecular flexibility index (Phi) is 14.1. The summed E-state index contributed by atoms with van der Waals surface area (Å²) in [4.78, 5) is 31.2. The smallest absolute Gasteiger partial charge is 0.372 e. The van der Waals surface area contributed by atoms with E-state index in [4.69, 9.17) is 26.9 Å². The van der Waals surface area contributed by atoms with Gasteiger partial charge < -0.3 is 16.2 Å². The second-order valence-electron chi connectivity index (χ2n) is 13.2. The maximum Gasteiger partial charge on any atom is 0.417 e. The molecule has 2 atom stereocenters. The number of carbonyl (C=O) groups is 2. The summed E-state index contributed by atoms with van der Waals surface area (Å²) in [6.45, 7) is 0.276. The third-order valence-electron chi connectivity index (χ3n) is 8.38. The number of carbonyl (C=O) groups excluding carboxylic acids is 2. The molecule has 0 bridgehead atoms. The molecule has 23 heteroatoms. The van der Waals surface area contributed by atoms with Crippen LogP contribution in [0, 0.1) is 5.92 Å². The number of benzene rings is 2. The zero-order valence-corrected chi connectivity index (χ0v) is 31.9. The number of rotatable bonds is 12. The average Bonchev–Trinajstić information content (AvgIpc) is 3.41. The van der Waals surface area contributed by atoms with Gasteiger partial charge >= 0.3 is 12.7 Å². The number of alkyl halides is 7. The molecule has 2 aliphatic rings. The number of hydrogen-bond acceptors (Lipinski definition) is 10. The molecule has 1 fully saturated rings. The van der Waals surface area contributed by atoms with Crippen molar-refractivity contribution < 1.29 is 53.5 Å². The molecular formula is C34H37ClF7N9O5S. The molecule has 57 heavy (non-hydrogen) atoms. The summed E-state index contributed by atoms with van der Waals surface area (Å²) in [5.41, 5.74) is 9.30. The Hall–Kier alpha value is -5.09. The summed E-state index contributed by atoms with van der Waals surface area (Å²) in [5.74, 6) is -1.21. The first-order chi connectivity index (χ1) is 26.6. The van der Waals surface area contributed by atoms with E-state index in [0.717, 1.165) is 22.1 Å². The van der Waals surface area contributed by atoms with Crippen molar-refractivity contribution in [2.45, 2.75) is 63.5 Å². The van der Waals surface area contributed by atoms with E-state index >= 15 is 0 Å². The number of nitrogens with zero attached hydrogens (tertiary/aromatic N) is 7. The lowest BCUT2D eigenvalue weighted by Gasteiger charge is -2.31. The molecule has 4 N–H and O–H groups in total. The van der Waals surface area contributed by atoms with Crippen molar-refractivity contribution in [2.75, 3.05) is 18.6 Å². The third kappa shape index (κ3) is 10.9. The van der Waals surface area contributed by atoms with Crippen LogP contribution >= 0.6 is 11.6 Å². The fourth-order valence-electron chi connectivity index (χ4n) is 5.75. The lowest BCUT2D eigenvalue weighted by atomic mass is 10.0. The van der Waals surface area contributed by atoms with Crippen LogP contribution < -0.4 is 11.5 Å². The molecular weight excluding hydrogens is 815 g/mol. The zero-order valence-electron chi connectivity index (χ0n) is 30.3. The van der Waals surface area contributed by atoms with Crippen molar-refractivity contribution >= 4 is 39.7 Å². The Bertz CT molecular complexity index is 2160. The third-order valence-corrected chi connectivity index (χ3v) is 9.97. The molecule has 2 aromatic heterocycles. The standard InChI is InChI=1S/C28H22ClF7N8O2.C5H12O2S.CH3NO/c29-18-6-5-16(9-19(18)44-23(22(30)31)38-13-40-44)20(12-46-27(7-8-27)28(34,35)36)43-24(45)21(41-26(43)37)15-3-1-14(2-4-15)17-10-39-42(11-17)25(32)33;1-5(2)4-8(3,6)7;2-1-3/h1-6,9-11,13,20-22,25H,7-8,12H2,(H2,37,41);5H,4H2,1-3H3;1H,(H2,2,3)/t20-,21-;;/m1../s1. The minimum absolute atomic E-state index is 0.0313. The van der Waals surface area contributed by atoms with E-state index in [1.807, 2.05) is 13.8 Å². The summed E-state index contributed by atoms with van der Waals surface area (Å²) >= 11 is 6.30. The summed E-state index contributed by atoms with van der Waals surface area (Å²) in [5, 5.41) is 7.37. The molecule has 1 aliphatic carbocycles. The van der Waals surface area contributed by atoms with Gasteiger partial charge in [0.1, 0.15) is 16.2 Å². The largest absolute Gasteiger partial charge is 0.417 e. The van der Waals surface area contributed by atoms with Gasteiger partial charge in [0.25, 0.3) is 12.3 Å². The number of ether oxygens (including phenoxy) is 1. The normalized spacial score (nSPS) is 16.9. The van der Waals surface area contributed by atoms with Crippen LogP contribution in [0.3, 0.4) is 0 Å². The molecule has 2 aromatic carbocycles. The van der Waals surface area contributed by atoms with Gasteiger partial charge in [0.05, 0.1) is 35.3 Å². The molecule has 3 heterocycles. The van der Waals surface area contributed by atoms with Crippen LogP contribution in [0.15, 0.2) is 66.2 Å². The van der Waals surface area contributed by atoms with Crippen LogP contribution in [0.1, 0.15) is 68.7 Å². The van der Waals surface area contributed by atoms with Gasteiger partial charge in [-0.1, -0.05) is 55.8 Å². The molecule has 6 rings (SSSR count). The van der Waals surface area contributed by atoms with Gasteiger partial charge in [-0.2, -0.15) is 32.1 Å². The van der Waals surface area contributed by atoms with Crippen molar-refractivity contribution in [3.05, 3.63) is 83.2 Å². The fraction of sp³-hybridized carbons (Fsp3) is 0.412. The highest BCUT2D eigenvalue weighted by Gasteiger charge is 2.65. The average molecular weight is 852 g/mol. The van der Waals surface area contributed by atoms with Gasteiger partial charge in [-0.3, -0.25) is 14.5 Å². The molecule has 0 saturated heterocycles. The molecule has 2 amide bonds. The van der Waals surface area contributed by atoms with Crippen molar-refractivity contribution in [1.29, 1.82) is 0 Å². The zero-order chi connectivity index (χ0) is 42.5. The maximum absolute atomic E-state index is 13.8. The number of halogens is 8. The van der Waals surface area contributed by atoms with Gasteiger partial charge in [-0.05, 0) is 47.6 Å². The predicted octanol–water partition coefficient (Wildman–Crippen LogP) is 5.96. The predicted molar refractivity (Wildman–Crippen MR) is 193 cm³/mol. The number of amides is 2. The first-order valence-corrected chi connectivity index (χ1v) is 19.2. The summed E-state index contributed by atoms with van der Waals surface area (Å²) in [6, 6.07) is 7.68. The first-order valence-electron chi connectivity index (χ1n) is 16.7. The van der Waals surface area contributed by atoms with Crippen molar-refractivity contribution in [2.24, 2.45) is 22.4 Å². The molecule has 1 aliphatic heterocycles. The van der Waals surface area contributed by atoms with E-state index in [1.165, 1.54) is 42.8 Å². The highest BCUT2D eigenvalue weighted by molar-refractivity contribution is 7.90. The number of guanidine groups is 1. The Morgan fingerprint density at radius 1 is 1.05 bits per heavy atom. The molecule has 0 unspecified atom stereocenters. The number of aromatic nitrogens is 5. The Labute approximate surface area is 326 Å². The highest BCUT2D eigenvalue weighted by Crippen LogP contribution is 2.53. The Morgan fingerprint density at radius 2 is 1.68 bits per heavy atom. The number of sulfone groups is 1. The van der Waals surface area contributed by atoms with E-state index in [2.05, 4.69) is 25.9 Å². The Balaban J connectivity index is 0.000000578. The van der Waals surface area contributed by atoms with E-state index in [0.29, 0.717) is 27.1 Å². The lowest BCUT2D eigenvalue weighted by molar-refractivity contribution is -0.238. The fourth-order valence-corrected chi connectivity index (χ4v) is 7.16. The van der Waals surface area contributed by atoms with Crippen LogP contribution in [-0.2, 0) is 24.2 Å². The SMILES string of the molecule is CC(C)CS(C)(=O)=O.NC1=N[C@H](c2ccc(-c3cnn(C(F)F)c3)cc2)C(=O)N1[C@H](COC1(C(F)(F)F)CC1)c1ccc(Cl)c(-n2ncnc2C(F)F)c1.NC=O. The topological polar surface area (TPSA) is 194 Å². The van der Waals surface area contributed by atoms with E-state index in [9.17, 15) is 43.9 Å². The number of nitrogens with two attached hydrogens (primary N) is 2. The molecule has 0 spiro atoms. The molecule has 4 aromatic rings. The van der Waals surface area contributed by atoms with Gasteiger partial charge in [-0.25, -0.2) is 36.5 Å². The van der Waals surface area contributed by atoms with E-state index in [1.54, 1.807) is 12.1 Å². The first kappa shape index (κ1) is 44.6. The Morgan fingerprint density at radius 3 is 2.18 bits per heavy atom. The van der Waals surface area contributed by atoms with Gasteiger partial charge in [0.15, 0.2) is 23.4 Å². The summed E-state index contributed by atoms with van der Waals surface area (Å²) in [6.07, 6.45) is -3.47. The van der Waals surface area contributed by atoms with Crippen molar-refractivity contribution in [3.63, 3.8) is 0 Å². The molecule has 0 radical (unpaired) electrons. The van der Waals surface area contributed by atoms with Crippen LogP contribution in [0.2, 0.25) is 5.02 Å². The van der Waals surface area contributed by atoms with Crippen molar-refractivity contribution in [1.82, 2.24) is 29.4 Å². The van der Waals surface area contributed by atoms with Gasteiger partial charge in [0.2, 0.25) is 6.41 Å². The molecule has 14 nitrogen and oxygen atoms in total. The van der Waals surface area contributed by atoms with Crippen LogP contribution in [0.5, 0.6) is 0 Å². The van der Waals surface area contributed by atoms with Crippen LogP contribution in [0.25, 0.3) is 16.8 Å². The van der Waals surface area contributed by atoms with E-state index in [-0.39, 0.29) is 47.4 Å². The lowest BCUT2D eigenvalue weighted by Crippen LogP contribution is -2.44. The monoisotopic (exact) mass is 851 g/mol. The number of aliphatic imine (C=N–C) groups is 1. The highest BCUT2D eigenvalue weighted by atomic mass is 35.5. The maximum atomic E-state index is 13.8.